The van der Waals surface area contributed by atoms with Crippen molar-refractivity contribution in [2.24, 2.45) is 0 Å². The van der Waals surface area contributed by atoms with Gasteiger partial charge in [0.2, 0.25) is 0 Å². The molecule has 5 nitrogen and oxygen atoms in total. The quantitative estimate of drug-likeness (QED) is 0.151. The highest BCUT2D eigenvalue weighted by atomic mass is 15.0. The predicted octanol–water partition coefficient (Wildman–Crippen LogP) is 14.9. The summed E-state index contributed by atoms with van der Waals surface area (Å²) in [6, 6.07) is 66.8. The van der Waals surface area contributed by atoms with Crippen molar-refractivity contribution in [1.82, 2.24) is 24.1 Å². The summed E-state index contributed by atoms with van der Waals surface area (Å²) >= 11 is 0. The molecule has 0 saturated heterocycles. The number of fused-ring (bicyclic) bond motifs is 8. The molecule has 3 heterocycles. The van der Waals surface area contributed by atoms with E-state index in [1.165, 1.54) is 43.4 Å². The monoisotopic (exact) mass is 805 g/mol. The SMILES string of the molecule is C=C/C=C\c1c(C)ccc2c1c1cc3c4ccccc4n(-c4ccc(-c5nc(-c6ccccc6)nc(-c6ccccc6)n5)c5ccccc45)c3cc1n2-c1cccc2ccccc12. The highest BCUT2D eigenvalue weighted by Gasteiger charge is 2.23. The van der Waals surface area contributed by atoms with Crippen molar-refractivity contribution in [2.45, 2.75) is 6.92 Å². The number of hydrogen-bond donors (Lipinski definition) is 0. The standard InChI is InChI=1S/C58H39N5/c1-3-4-24-41-37(2)31-33-52-55(41)48-35-47-45-28-15-16-29-50(45)62(53(47)36-54(48)63(52)49-30-17-23-38-18-11-12-25-42(38)49)51-34-32-46(43-26-13-14-27-44(43)51)58-60-56(39-19-7-5-8-20-39)59-57(61-58)40-21-9-6-10-22-40/h3-36H,1H2,2H3/b24-4-. The molecule has 9 aromatic carbocycles. The topological polar surface area (TPSA) is 48.5 Å². The van der Waals surface area contributed by atoms with Gasteiger partial charge in [-0.3, -0.25) is 0 Å². The number of aromatic nitrogens is 5. The highest BCUT2D eigenvalue weighted by molar-refractivity contribution is 6.22. The molecule has 12 aromatic rings. The minimum Gasteiger partial charge on any atom is -0.309 e. The molecule has 0 aliphatic heterocycles. The number of benzene rings is 9. The molecular weight excluding hydrogens is 767 g/mol. The van der Waals surface area contributed by atoms with Crippen LogP contribution in [0.2, 0.25) is 0 Å². The normalized spacial score (nSPS) is 11.9. The van der Waals surface area contributed by atoms with Crippen LogP contribution in [0, 0.1) is 6.92 Å². The summed E-state index contributed by atoms with van der Waals surface area (Å²) < 4.78 is 4.92. The summed E-state index contributed by atoms with van der Waals surface area (Å²) in [6.07, 6.45) is 6.11. The molecule has 3 aromatic heterocycles. The molecule has 0 radical (unpaired) electrons. The molecule has 0 spiro atoms. The zero-order chi connectivity index (χ0) is 42.0. The molecule has 0 saturated carbocycles. The Morgan fingerprint density at radius 2 is 1.02 bits per heavy atom. The second-order valence-electron chi connectivity index (χ2n) is 16.1. The average molecular weight is 806 g/mol. The average Bonchev–Trinajstić information content (AvgIpc) is 3.84. The Hall–Kier alpha value is -8.41. The first-order valence-electron chi connectivity index (χ1n) is 21.3. The molecule has 0 N–H and O–H groups in total. The lowest BCUT2D eigenvalue weighted by molar-refractivity contribution is 1.08. The summed E-state index contributed by atoms with van der Waals surface area (Å²) in [6.45, 7) is 6.21. The van der Waals surface area contributed by atoms with Crippen LogP contribution in [-0.2, 0) is 0 Å². The van der Waals surface area contributed by atoms with Crippen molar-refractivity contribution in [2.75, 3.05) is 0 Å². The van der Waals surface area contributed by atoms with E-state index in [-0.39, 0.29) is 0 Å². The van der Waals surface area contributed by atoms with Crippen LogP contribution in [0.1, 0.15) is 11.1 Å². The van der Waals surface area contributed by atoms with Crippen molar-refractivity contribution < 1.29 is 0 Å². The Morgan fingerprint density at radius 1 is 0.429 bits per heavy atom. The maximum Gasteiger partial charge on any atom is 0.164 e. The Labute approximate surface area is 364 Å². The lowest BCUT2D eigenvalue weighted by Gasteiger charge is -2.15. The van der Waals surface area contributed by atoms with Crippen LogP contribution < -0.4 is 0 Å². The molecule has 5 heteroatoms. The van der Waals surface area contributed by atoms with Gasteiger partial charge in [-0.2, -0.15) is 0 Å². The Balaban J connectivity index is 1.16. The van der Waals surface area contributed by atoms with Crippen LogP contribution in [0.25, 0.3) is 117 Å². The zero-order valence-corrected chi connectivity index (χ0v) is 34.6. The van der Waals surface area contributed by atoms with E-state index in [2.05, 4.69) is 156 Å². The van der Waals surface area contributed by atoms with Gasteiger partial charge in [-0.15, -0.1) is 0 Å². The third kappa shape index (κ3) is 5.82. The maximum atomic E-state index is 5.15. The van der Waals surface area contributed by atoms with E-state index < -0.39 is 0 Å². The number of hydrogen-bond acceptors (Lipinski definition) is 3. The third-order valence-electron chi connectivity index (χ3n) is 12.5. The van der Waals surface area contributed by atoms with Gasteiger partial charge in [-0.25, -0.2) is 15.0 Å². The molecule has 12 rings (SSSR count). The first-order valence-corrected chi connectivity index (χ1v) is 21.3. The van der Waals surface area contributed by atoms with Crippen LogP contribution >= 0.6 is 0 Å². The molecule has 0 amide bonds. The van der Waals surface area contributed by atoms with E-state index in [0.29, 0.717) is 17.5 Å². The zero-order valence-electron chi connectivity index (χ0n) is 34.6. The predicted molar refractivity (Wildman–Crippen MR) is 264 cm³/mol. The Kier molecular flexibility index (Phi) is 8.47. The van der Waals surface area contributed by atoms with Gasteiger partial charge < -0.3 is 9.13 Å². The van der Waals surface area contributed by atoms with Crippen molar-refractivity contribution in [1.29, 1.82) is 0 Å². The van der Waals surface area contributed by atoms with Gasteiger partial charge in [0.1, 0.15) is 0 Å². The number of nitrogens with zero attached hydrogens (tertiary/aromatic N) is 5. The van der Waals surface area contributed by atoms with E-state index in [0.717, 1.165) is 60.9 Å². The van der Waals surface area contributed by atoms with E-state index >= 15 is 0 Å². The number of para-hydroxylation sites is 1. The smallest absolute Gasteiger partial charge is 0.164 e. The van der Waals surface area contributed by atoms with E-state index in [4.69, 9.17) is 15.0 Å². The summed E-state index contributed by atoms with van der Waals surface area (Å²) in [4.78, 5) is 15.3. The molecule has 296 valence electrons. The van der Waals surface area contributed by atoms with Crippen LogP contribution in [0.15, 0.2) is 207 Å². The largest absolute Gasteiger partial charge is 0.309 e. The van der Waals surface area contributed by atoms with Gasteiger partial charge in [0, 0.05) is 49.0 Å². The van der Waals surface area contributed by atoms with Gasteiger partial charge in [0.15, 0.2) is 17.5 Å². The summed E-state index contributed by atoms with van der Waals surface area (Å²) in [7, 11) is 0. The van der Waals surface area contributed by atoms with Gasteiger partial charge in [0.25, 0.3) is 0 Å². The fraction of sp³-hybridized carbons (Fsp3) is 0.0172. The molecular formula is C58H39N5. The molecule has 0 atom stereocenters. The van der Waals surface area contributed by atoms with Crippen LogP contribution in [0.3, 0.4) is 0 Å². The van der Waals surface area contributed by atoms with Gasteiger partial charge in [-0.1, -0.05) is 170 Å². The first kappa shape index (κ1) is 36.4. The molecule has 0 aliphatic carbocycles. The first-order chi connectivity index (χ1) is 31.1. The van der Waals surface area contributed by atoms with E-state index in [1.807, 2.05) is 72.8 Å². The third-order valence-corrected chi connectivity index (χ3v) is 12.5. The van der Waals surface area contributed by atoms with Gasteiger partial charge in [0.05, 0.1) is 33.4 Å². The lowest BCUT2D eigenvalue weighted by Crippen LogP contribution is -2.02. The number of aryl methyl sites for hydroxylation is 1. The molecule has 0 unspecified atom stereocenters. The molecule has 0 fully saturated rings. The fourth-order valence-electron chi connectivity index (χ4n) is 9.60. The lowest BCUT2D eigenvalue weighted by atomic mass is 10.00. The molecule has 63 heavy (non-hydrogen) atoms. The van der Waals surface area contributed by atoms with Gasteiger partial charge >= 0.3 is 0 Å². The van der Waals surface area contributed by atoms with Crippen LogP contribution in [0.5, 0.6) is 0 Å². The van der Waals surface area contributed by atoms with Crippen molar-refractivity contribution >= 4 is 71.2 Å². The molecule has 0 aliphatic rings. The second kappa shape index (κ2) is 14.6. The minimum atomic E-state index is 0.630. The molecule has 0 bridgehead atoms. The number of allylic oxidation sites excluding steroid dienone is 2. The van der Waals surface area contributed by atoms with Crippen molar-refractivity contribution in [3.63, 3.8) is 0 Å². The number of rotatable bonds is 7. The highest BCUT2D eigenvalue weighted by Crippen LogP contribution is 2.44. The van der Waals surface area contributed by atoms with Crippen LogP contribution in [0.4, 0.5) is 0 Å². The summed E-state index contributed by atoms with van der Waals surface area (Å²) in [5.74, 6) is 1.91. The minimum absolute atomic E-state index is 0.630. The van der Waals surface area contributed by atoms with Crippen molar-refractivity contribution in [3.8, 4) is 45.5 Å². The van der Waals surface area contributed by atoms with Crippen molar-refractivity contribution in [3.05, 3.63) is 218 Å². The van der Waals surface area contributed by atoms with E-state index in [9.17, 15) is 0 Å². The Bertz CT molecular complexity index is 3750. The second-order valence-corrected chi connectivity index (χ2v) is 16.1. The fourth-order valence-corrected chi connectivity index (χ4v) is 9.60. The van der Waals surface area contributed by atoms with E-state index in [1.54, 1.807) is 0 Å². The maximum absolute atomic E-state index is 5.15. The summed E-state index contributed by atoms with van der Waals surface area (Å²) in [5, 5.41) is 9.39. The van der Waals surface area contributed by atoms with Gasteiger partial charge in [-0.05, 0) is 71.3 Å². The Morgan fingerprint density at radius 3 is 1.76 bits per heavy atom. The summed E-state index contributed by atoms with van der Waals surface area (Å²) in [5.41, 5.74) is 12.0. The van der Waals surface area contributed by atoms with Crippen LogP contribution in [-0.4, -0.2) is 24.1 Å².